The third kappa shape index (κ3) is 4.60. The van der Waals surface area contributed by atoms with Crippen LogP contribution in [0.25, 0.3) is 6.08 Å². The van der Waals surface area contributed by atoms with Crippen LogP contribution in [0.4, 0.5) is 4.79 Å². The Labute approximate surface area is 187 Å². The zero-order valence-corrected chi connectivity index (χ0v) is 18.6. The summed E-state index contributed by atoms with van der Waals surface area (Å²) in [5.41, 5.74) is 1.34. The lowest BCUT2D eigenvalue weighted by molar-refractivity contribution is -0.129. The number of amides is 4. The van der Waals surface area contributed by atoms with Gasteiger partial charge in [-0.2, -0.15) is 0 Å². The van der Waals surface area contributed by atoms with Gasteiger partial charge in [-0.15, -0.1) is 0 Å². The van der Waals surface area contributed by atoms with E-state index in [1.807, 2.05) is 0 Å². The van der Waals surface area contributed by atoms with E-state index in [0.29, 0.717) is 20.3 Å². The van der Waals surface area contributed by atoms with Crippen molar-refractivity contribution in [2.75, 3.05) is 7.05 Å². The highest BCUT2D eigenvalue weighted by Crippen LogP contribution is 2.36. The smallest absolute Gasteiger partial charge is 0.335 e. The largest absolute Gasteiger partial charge is 0.487 e. The number of carbonyl (C=O) groups is 4. The Morgan fingerprint density at radius 1 is 1.13 bits per heavy atom. The first-order valence-electron chi connectivity index (χ1n) is 8.46. The van der Waals surface area contributed by atoms with E-state index in [-0.39, 0.29) is 17.7 Å². The molecule has 30 heavy (non-hydrogen) atoms. The number of benzene rings is 2. The van der Waals surface area contributed by atoms with Crippen molar-refractivity contribution in [3.05, 3.63) is 67.6 Å². The molecule has 1 fully saturated rings. The Hall–Kier alpha value is -2.98. The van der Waals surface area contributed by atoms with E-state index in [0.717, 1.165) is 10.5 Å². The number of ether oxygens (including phenoxy) is 1. The molecule has 2 aromatic carbocycles. The van der Waals surface area contributed by atoms with Crippen LogP contribution in [0.3, 0.4) is 0 Å². The van der Waals surface area contributed by atoms with Crippen molar-refractivity contribution in [3.63, 3.8) is 0 Å². The van der Waals surface area contributed by atoms with Crippen LogP contribution in [0.15, 0.2) is 50.9 Å². The molecule has 8 nitrogen and oxygen atoms in total. The number of imide groups is 2. The minimum atomic E-state index is -1.00. The highest BCUT2D eigenvalue weighted by molar-refractivity contribution is 9.11. The summed E-state index contributed by atoms with van der Waals surface area (Å²) in [4.78, 5) is 47.4. The van der Waals surface area contributed by atoms with Crippen LogP contribution in [0.1, 0.15) is 21.5 Å². The Morgan fingerprint density at radius 2 is 1.73 bits per heavy atom. The number of urea groups is 1. The fourth-order valence-corrected chi connectivity index (χ4v) is 4.06. The fraction of sp³-hybridized carbons (Fsp3) is 0.100. The first kappa shape index (κ1) is 21.7. The maximum atomic E-state index is 12.2. The number of halogens is 2. The summed E-state index contributed by atoms with van der Waals surface area (Å²) in [6.07, 6.45) is 1.38. The van der Waals surface area contributed by atoms with Crippen LogP contribution in [0.5, 0.6) is 5.75 Å². The van der Waals surface area contributed by atoms with Gasteiger partial charge in [-0.1, -0.05) is 12.1 Å². The van der Waals surface area contributed by atoms with Crippen molar-refractivity contribution < 1.29 is 29.0 Å². The molecule has 1 saturated heterocycles. The molecule has 0 spiro atoms. The van der Waals surface area contributed by atoms with Crippen LogP contribution < -0.4 is 10.1 Å². The topological polar surface area (TPSA) is 113 Å². The lowest BCUT2D eigenvalue weighted by atomic mass is 10.1. The second-order valence-electron chi connectivity index (χ2n) is 6.29. The number of carboxylic acid groups (broad SMARTS) is 1. The number of carbonyl (C=O) groups excluding carboxylic acids is 3. The predicted octanol–water partition coefficient (Wildman–Crippen LogP) is 3.58. The molecule has 2 N–H and O–H groups in total. The van der Waals surface area contributed by atoms with E-state index >= 15 is 0 Å². The molecule has 0 aromatic heterocycles. The molecule has 0 radical (unpaired) electrons. The summed E-state index contributed by atoms with van der Waals surface area (Å²) in [7, 11) is 1.28. The predicted molar refractivity (Wildman–Crippen MR) is 114 cm³/mol. The zero-order chi connectivity index (χ0) is 22.0. The number of hydrogen-bond acceptors (Lipinski definition) is 5. The molecule has 0 aliphatic carbocycles. The number of barbiturate groups is 1. The summed E-state index contributed by atoms with van der Waals surface area (Å²) >= 11 is 6.81. The average molecular weight is 538 g/mol. The molecule has 1 aliphatic rings. The third-order valence-electron chi connectivity index (χ3n) is 4.22. The number of aromatic carboxylic acids is 1. The van der Waals surface area contributed by atoms with Crippen LogP contribution in [0.2, 0.25) is 0 Å². The molecule has 3 rings (SSSR count). The Balaban J connectivity index is 1.80. The number of likely N-dealkylation sites (N-methyl/N-ethyl adjacent to an activating group) is 1. The number of rotatable bonds is 5. The molecule has 0 unspecified atom stereocenters. The Morgan fingerprint density at radius 3 is 2.30 bits per heavy atom. The van der Waals surface area contributed by atoms with Crippen molar-refractivity contribution in [3.8, 4) is 5.75 Å². The van der Waals surface area contributed by atoms with Gasteiger partial charge in [0.1, 0.15) is 17.9 Å². The summed E-state index contributed by atoms with van der Waals surface area (Å²) in [5, 5.41) is 11.0. The van der Waals surface area contributed by atoms with Gasteiger partial charge in [0.2, 0.25) is 0 Å². The summed E-state index contributed by atoms with van der Waals surface area (Å²) in [5.74, 6) is -1.97. The lowest BCUT2D eigenvalue weighted by Crippen LogP contribution is -2.52. The molecule has 0 bridgehead atoms. The Kier molecular flexibility index (Phi) is 6.37. The number of carboxylic acids is 1. The van der Waals surface area contributed by atoms with E-state index in [2.05, 4.69) is 37.2 Å². The Bertz CT molecular complexity index is 1070. The molecule has 0 saturated carbocycles. The van der Waals surface area contributed by atoms with Gasteiger partial charge in [0.25, 0.3) is 11.8 Å². The van der Waals surface area contributed by atoms with Crippen molar-refractivity contribution >= 4 is 61.8 Å². The van der Waals surface area contributed by atoms with Crippen LogP contribution >= 0.6 is 31.9 Å². The molecule has 1 aliphatic heterocycles. The summed E-state index contributed by atoms with van der Waals surface area (Å²) in [6.45, 7) is 0.200. The maximum Gasteiger partial charge on any atom is 0.335 e. The highest BCUT2D eigenvalue weighted by atomic mass is 79.9. The number of nitrogens with zero attached hydrogens (tertiary/aromatic N) is 1. The van der Waals surface area contributed by atoms with Gasteiger partial charge in [-0.05, 0) is 73.3 Å². The van der Waals surface area contributed by atoms with E-state index in [4.69, 9.17) is 9.84 Å². The van der Waals surface area contributed by atoms with Gasteiger partial charge in [0.15, 0.2) is 0 Å². The van der Waals surface area contributed by atoms with Crippen molar-refractivity contribution in [2.45, 2.75) is 6.61 Å². The SMILES string of the molecule is CN1C(=O)NC(=O)C(=Cc2cc(Br)c(OCc3ccc(C(=O)O)cc3)c(Br)c2)C1=O. The first-order chi connectivity index (χ1) is 14.2. The minimum absolute atomic E-state index is 0.164. The highest BCUT2D eigenvalue weighted by Gasteiger charge is 2.33. The monoisotopic (exact) mass is 536 g/mol. The third-order valence-corrected chi connectivity index (χ3v) is 5.40. The molecular formula is C20H14Br2N2O6. The van der Waals surface area contributed by atoms with Gasteiger partial charge in [-0.25, -0.2) is 9.59 Å². The van der Waals surface area contributed by atoms with Crippen LogP contribution in [-0.2, 0) is 16.2 Å². The summed E-state index contributed by atoms with van der Waals surface area (Å²) < 4.78 is 6.95. The van der Waals surface area contributed by atoms with Crippen molar-refractivity contribution in [1.29, 1.82) is 0 Å². The minimum Gasteiger partial charge on any atom is -0.487 e. The second-order valence-corrected chi connectivity index (χ2v) is 7.99. The quantitative estimate of drug-likeness (QED) is 0.445. The number of hydrogen-bond donors (Lipinski definition) is 2. The molecule has 2 aromatic rings. The normalized spacial score (nSPS) is 15.4. The van der Waals surface area contributed by atoms with E-state index in [1.54, 1.807) is 24.3 Å². The molecular weight excluding hydrogens is 524 g/mol. The van der Waals surface area contributed by atoms with E-state index in [9.17, 15) is 19.2 Å². The molecule has 4 amide bonds. The zero-order valence-electron chi connectivity index (χ0n) is 15.4. The molecule has 154 valence electrons. The summed E-state index contributed by atoms with van der Waals surface area (Å²) in [6, 6.07) is 8.87. The van der Waals surface area contributed by atoms with E-state index < -0.39 is 23.8 Å². The second kappa shape index (κ2) is 8.80. The van der Waals surface area contributed by atoms with Crippen LogP contribution in [-0.4, -0.2) is 40.9 Å². The average Bonchev–Trinajstić information content (AvgIpc) is 2.69. The van der Waals surface area contributed by atoms with E-state index in [1.165, 1.54) is 25.3 Å². The first-order valence-corrected chi connectivity index (χ1v) is 10.0. The molecule has 0 atom stereocenters. The standard InChI is InChI=1S/C20H14Br2N2O6/c1-24-18(26)13(17(25)23-20(24)29)6-11-7-14(21)16(15(22)8-11)30-9-10-2-4-12(5-3-10)19(27)28/h2-8H,9H2,1H3,(H,27,28)(H,23,25,29). The maximum absolute atomic E-state index is 12.2. The van der Waals surface area contributed by atoms with Gasteiger partial charge in [0.05, 0.1) is 14.5 Å². The van der Waals surface area contributed by atoms with Gasteiger partial charge < -0.3 is 9.84 Å². The molecule has 10 heteroatoms. The van der Waals surface area contributed by atoms with Crippen molar-refractivity contribution in [1.82, 2.24) is 10.2 Å². The lowest BCUT2D eigenvalue weighted by Gasteiger charge is -2.22. The fourth-order valence-electron chi connectivity index (χ4n) is 2.61. The van der Waals surface area contributed by atoms with Gasteiger partial charge in [0, 0.05) is 7.05 Å². The van der Waals surface area contributed by atoms with Gasteiger partial charge in [-0.3, -0.25) is 19.8 Å². The van der Waals surface area contributed by atoms with Crippen molar-refractivity contribution in [2.24, 2.45) is 0 Å². The van der Waals surface area contributed by atoms with Gasteiger partial charge >= 0.3 is 12.0 Å². The number of nitrogens with one attached hydrogen (secondary N) is 1. The molecule has 1 heterocycles. The van der Waals surface area contributed by atoms with Crippen LogP contribution in [0, 0.1) is 0 Å².